The molecular weight excluding hydrogens is 483 g/mol. The van der Waals surface area contributed by atoms with E-state index >= 15 is 0 Å². The Balaban J connectivity index is 0.00000420. The molecule has 2 aliphatic rings. The van der Waals surface area contributed by atoms with E-state index in [1.54, 1.807) is 7.05 Å². The molecule has 0 unspecified atom stereocenters. The second-order valence-corrected chi connectivity index (χ2v) is 7.98. The molecule has 0 radical (unpaired) electrons. The van der Waals surface area contributed by atoms with Crippen molar-refractivity contribution in [2.75, 3.05) is 66.0 Å². The summed E-state index contributed by atoms with van der Waals surface area (Å²) in [5, 5.41) is 6.22. The van der Waals surface area contributed by atoms with E-state index in [9.17, 15) is 9.59 Å². The fourth-order valence-corrected chi connectivity index (χ4v) is 3.63. The zero-order valence-electron chi connectivity index (χ0n) is 18.3. The van der Waals surface area contributed by atoms with Gasteiger partial charge in [0.05, 0.1) is 6.54 Å². The van der Waals surface area contributed by atoms with Crippen LogP contribution in [0.5, 0.6) is 0 Å². The van der Waals surface area contributed by atoms with E-state index in [0.717, 1.165) is 58.1 Å². The van der Waals surface area contributed by atoms with Gasteiger partial charge in [0, 0.05) is 65.3 Å². The van der Waals surface area contributed by atoms with Crippen LogP contribution in [0.4, 0.5) is 0 Å². The van der Waals surface area contributed by atoms with Crippen molar-refractivity contribution in [2.24, 2.45) is 10.9 Å². The van der Waals surface area contributed by atoms with Crippen molar-refractivity contribution < 1.29 is 9.59 Å². The number of aliphatic imine (C=N–C) groups is 1. The third kappa shape index (κ3) is 9.06. The summed E-state index contributed by atoms with van der Waals surface area (Å²) in [6, 6.07) is 0. The Morgan fingerprint density at radius 2 is 1.45 bits per heavy atom. The molecule has 2 fully saturated rings. The molecule has 0 atom stereocenters. The van der Waals surface area contributed by atoms with Gasteiger partial charge in [-0.2, -0.15) is 0 Å². The van der Waals surface area contributed by atoms with E-state index in [4.69, 9.17) is 0 Å². The number of nitrogens with one attached hydrogen (secondary N) is 2. The molecule has 0 aromatic carbocycles. The predicted molar refractivity (Wildman–Crippen MR) is 128 cm³/mol. The van der Waals surface area contributed by atoms with Gasteiger partial charge >= 0.3 is 0 Å². The fourth-order valence-electron chi connectivity index (χ4n) is 3.63. The number of guanidine groups is 1. The number of piperazine rings is 1. The van der Waals surface area contributed by atoms with E-state index < -0.39 is 0 Å². The first kappa shape index (κ1) is 25.9. The van der Waals surface area contributed by atoms with Gasteiger partial charge in [-0.1, -0.05) is 26.7 Å². The van der Waals surface area contributed by atoms with Gasteiger partial charge in [-0.25, -0.2) is 0 Å². The van der Waals surface area contributed by atoms with Gasteiger partial charge in [0.15, 0.2) is 5.96 Å². The molecular formula is C20H39IN6O2. The number of halogens is 1. The maximum absolute atomic E-state index is 12.6. The quantitative estimate of drug-likeness (QED) is 0.235. The predicted octanol–water partition coefficient (Wildman–Crippen LogP) is 0.972. The standard InChI is InChI=1S/C20H38N6O2.HI/c1-17(2)19(28)22-8-9-23-20(21-3)26-14-12-24(13-15-26)16-18(27)25-10-6-4-5-7-11-25;/h17H,4-16H2,1-3H3,(H,21,23)(H,22,28);1H. The first-order valence-corrected chi connectivity index (χ1v) is 10.7. The summed E-state index contributed by atoms with van der Waals surface area (Å²) in [5.41, 5.74) is 0. The smallest absolute Gasteiger partial charge is 0.236 e. The second-order valence-electron chi connectivity index (χ2n) is 7.98. The van der Waals surface area contributed by atoms with Crippen LogP contribution in [0.2, 0.25) is 0 Å². The number of amides is 2. The van der Waals surface area contributed by atoms with Crippen LogP contribution in [0.15, 0.2) is 4.99 Å². The minimum atomic E-state index is 0. The maximum Gasteiger partial charge on any atom is 0.236 e. The molecule has 8 nitrogen and oxygen atoms in total. The van der Waals surface area contributed by atoms with E-state index in [1.807, 2.05) is 18.7 Å². The molecule has 2 heterocycles. The van der Waals surface area contributed by atoms with Crippen LogP contribution < -0.4 is 10.6 Å². The number of nitrogens with zero attached hydrogens (tertiary/aromatic N) is 4. The van der Waals surface area contributed by atoms with E-state index in [2.05, 4.69) is 25.4 Å². The fraction of sp³-hybridized carbons (Fsp3) is 0.850. The van der Waals surface area contributed by atoms with Gasteiger partial charge in [-0.3, -0.25) is 19.5 Å². The van der Waals surface area contributed by atoms with E-state index in [-0.39, 0.29) is 41.7 Å². The molecule has 0 saturated carbocycles. The molecule has 2 saturated heterocycles. The number of carbonyl (C=O) groups is 2. The minimum Gasteiger partial charge on any atom is -0.354 e. The summed E-state index contributed by atoms with van der Waals surface area (Å²) in [6.07, 6.45) is 4.77. The third-order valence-electron chi connectivity index (χ3n) is 5.43. The SMILES string of the molecule is CN=C(NCCNC(=O)C(C)C)N1CCN(CC(=O)N2CCCCCC2)CC1.I. The van der Waals surface area contributed by atoms with Gasteiger partial charge in [0.2, 0.25) is 11.8 Å². The van der Waals surface area contributed by atoms with Crippen LogP contribution in [-0.2, 0) is 9.59 Å². The highest BCUT2D eigenvalue weighted by atomic mass is 127. The number of rotatable bonds is 6. The van der Waals surface area contributed by atoms with Crippen molar-refractivity contribution in [3.63, 3.8) is 0 Å². The number of hydrogen-bond donors (Lipinski definition) is 2. The normalized spacial score (nSPS) is 18.8. The van der Waals surface area contributed by atoms with Crippen LogP contribution in [0.3, 0.4) is 0 Å². The zero-order valence-corrected chi connectivity index (χ0v) is 20.6. The van der Waals surface area contributed by atoms with Gasteiger partial charge in [0.25, 0.3) is 0 Å². The molecule has 0 aliphatic carbocycles. The largest absolute Gasteiger partial charge is 0.354 e. The Bertz CT molecular complexity index is 527. The Hall–Kier alpha value is -1.10. The van der Waals surface area contributed by atoms with Gasteiger partial charge in [-0.15, -0.1) is 24.0 Å². The number of hydrogen-bond acceptors (Lipinski definition) is 4. The second kappa shape index (κ2) is 14.0. The van der Waals surface area contributed by atoms with Gasteiger partial charge in [-0.05, 0) is 12.8 Å². The van der Waals surface area contributed by atoms with Crippen LogP contribution in [0.1, 0.15) is 39.5 Å². The van der Waals surface area contributed by atoms with Crippen molar-refractivity contribution in [2.45, 2.75) is 39.5 Å². The lowest BCUT2D eigenvalue weighted by Crippen LogP contribution is -2.54. The first-order chi connectivity index (χ1) is 13.5. The molecule has 2 N–H and O–H groups in total. The lowest BCUT2D eigenvalue weighted by Gasteiger charge is -2.37. The third-order valence-corrected chi connectivity index (χ3v) is 5.43. The van der Waals surface area contributed by atoms with Crippen molar-refractivity contribution in [1.82, 2.24) is 25.3 Å². The zero-order chi connectivity index (χ0) is 20.4. The Morgan fingerprint density at radius 1 is 0.862 bits per heavy atom. The van der Waals surface area contributed by atoms with Crippen LogP contribution in [-0.4, -0.2) is 98.4 Å². The molecule has 29 heavy (non-hydrogen) atoms. The molecule has 0 aromatic heterocycles. The average Bonchev–Trinajstić information content (AvgIpc) is 2.98. The highest BCUT2D eigenvalue weighted by molar-refractivity contribution is 14.0. The minimum absolute atomic E-state index is 0. The molecule has 0 aromatic rings. The van der Waals surface area contributed by atoms with Crippen LogP contribution >= 0.6 is 24.0 Å². The molecule has 2 amide bonds. The van der Waals surface area contributed by atoms with Crippen molar-refractivity contribution in [1.29, 1.82) is 0 Å². The summed E-state index contributed by atoms with van der Waals surface area (Å²) >= 11 is 0. The molecule has 9 heteroatoms. The Morgan fingerprint density at radius 3 is 2.00 bits per heavy atom. The number of carbonyl (C=O) groups excluding carboxylic acids is 2. The van der Waals surface area contributed by atoms with Gasteiger partial charge in [0.1, 0.15) is 0 Å². The molecule has 2 aliphatic heterocycles. The summed E-state index contributed by atoms with van der Waals surface area (Å²) in [7, 11) is 1.78. The van der Waals surface area contributed by atoms with Crippen molar-refractivity contribution in [3.8, 4) is 0 Å². The lowest BCUT2D eigenvalue weighted by atomic mass is 10.2. The van der Waals surface area contributed by atoms with Crippen molar-refractivity contribution >= 4 is 41.8 Å². The molecule has 2 rings (SSSR count). The van der Waals surface area contributed by atoms with Crippen LogP contribution in [0, 0.1) is 5.92 Å². The highest BCUT2D eigenvalue weighted by Gasteiger charge is 2.23. The summed E-state index contributed by atoms with van der Waals surface area (Å²) in [5.74, 6) is 1.21. The topological polar surface area (TPSA) is 80.3 Å². The Kier molecular flexibility index (Phi) is 12.5. The van der Waals surface area contributed by atoms with E-state index in [0.29, 0.717) is 19.6 Å². The Labute approximate surface area is 192 Å². The molecule has 0 spiro atoms. The summed E-state index contributed by atoms with van der Waals surface area (Å²) in [6.45, 7) is 10.8. The average molecular weight is 522 g/mol. The van der Waals surface area contributed by atoms with Crippen molar-refractivity contribution in [3.05, 3.63) is 0 Å². The maximum atomic E-state index is 12.6. The monoisotopic (exact) mass is 522 g/mol. The summed E-state index contributed by atoms with van der Waals surface area (Å²) in [4.78, 5) is 35.0. The lowest BCUT2D eigenvalue weighted by molar-refractivity contribution is -0.132. The van der Waals surface area contributed by atoms with Crippen LogP contribution in [0.25, 0.3) is 0 Å². The molecule has 168 valence electrons. The highest BCUT2D eigenvalue weighted by Crippen LogP contribution is 2.11. The first-order valence-electron chi connectivity index (χ1n) is 10.7. The molecule has 0 bridgehead atoms. The number of likely N-dealkylation sites (tertiary alicyclic amines) is 1. The van der Waals surface area contributed by atoms with E-state index in [1.165, 1.54) is 12.8 Å². The van der Waals surface area contributed by atoms with Gasteiger partial charge < -0.3 is 20.4 Å². The summed E-state index contributed by atoms with van der Waals surface area (Å²) < 4.78 is 0.